The van der Waals surface area contributed by atoms with Crippen LogP contribution in [0.25, 0.3) is 11.3 Å². The maximum atomic E-state index is 6.21. The fourth-order valence-electron chi connectivity index (χ4n) is 2.59. The lowest BCUT2D eigenvalue weighted by molar-refractivity contribution is 0.00578. The van der Waals surface area contributed by atoms with Gasteiger partial charge in [-0.15, -0.1) is 0 Å². The van der Waals surface area contributed by atoms with Gasteiger partial charge >= 0.3 is 7.12 Å². The molecule has 1 fully saturated rings. The van der Waals surface area contributed by atoms with E-state index in [2.05, 4.69) is 4.98 Å². The van der Waals surface area contributed by atoms with E-state index in [-0.39, 0.29) is 11.2 Å². The van der Waals surface area contributed by atoms with Crippen LogP contribution in [0, 0.1) is 0 Å². The first kappa shape index (κ1) is 16.0. The maximum absolute atomic E-state index is 6.21. The van der Waals surface area contributed by atoms with Crippen molar-refractivity contribution in [2.24, 2.45) is 0 Å². The van der Waals surface area contributed by atoms with Crippen LogP contribution in [-0.2, 0) is 9.31 Å². The normalized spacial score (nSPS) is 18.9. The van der Waals surface area contributed by atoms with Gasteiger partial charge in [-0.05, 0) is 63.5 Å². The van der Waals surface area contributed by atoms with Gasteiger partial charge in [-0.2, -0.15) is 0 Å². The summed E-state index contributed by atoms with van der Waals surface area (Å²) in [5.74, 6) is 0.773. The van der Waals surface area contributed by atoms with Gasteiger partial charge in [0.25, 0.3) is 0 Å². The molecule has 4 nitrogen and oxygen atoms in total. The third kappa shape index (κ3) is 2.86. The zero-order valence-corrected chi connectivity index (χ0v) is 14.3. The molecular weight excluding hydrogens is 289 g/mol. The quantitative estimate of drug-likeness (QED) is 0.817. The van der Waals surface area contributed by atoms with Gasteiger partial charge in [0.05, 0.1) is 24.0 Å². The van der Waals surface area contributed by atoms with E-state index >= 15 is 0 Å². The highest BCUT2D eigenvalue weighted by Crippen LogP contribution is 2.37. The van der Waals surface area contributed by atoms with Gasteiger partial charge in [0.15, 0.2) is 0 Å². The number of methoxy groups -OCH3 is 1. The topological polar surface area (TPSA) is 40.6 Å². The number of hydrogen-bond acceptors (Lipinski definition) is 4. The number of nitrogens with zero attached hydrogens (tertiary/aromatic N) is 1. The van der Waals surface area contributed by atoms with Gasteiger partial charge in [0.1, 0.15) is 5.75 Å². The average molecular weight is 311 g/mol. The van der Waals surface area contributed by atoms with Crippen molar-refractivity contribution in [1.82, 2.24) is 4.98 Å². The predicted molar refractivity (Wildman–Crippen MR) is 91.9 cm³/mol. The smallest absolute Gasteiger partial charge is 0.495 e. The lowest BCUT2D eigenvalue weighted by Crippen LogP contribution is -2.41. The molecule has 0 amide bonds. The molecule has 1 aliphatic rings. The van der Waals surface area contributed by atoms with Crippen LogP contribution < -0.4 is 10.2 Å². The third-order valence-corrected chi connectivity index (χ3v) is 4.71. The molecule has 0 saturated carbocycles. The van der Waals surface area contributed by atoms with E-state index in [0.29, 0.717) is 0 Å². The maximum Gasteiger partial charge on any atom is 0.495 e. The fourth-order valence-corrected chi connectivity index (χ4v) is 2.59. The van der Waals surface area contributed by atoms with Gasteiger partial charge in [0, 0.05) is 11.8 Å². The van der Waals surface area contributed by atoms with Crippen molar-refractivity contribution < 1.29 is 14.0 Å². The number of rotatable bonds is 3. The van der Waals surface area contributed by atoms with E-state index in [1.165, 1.54) is 0 Å². The molecule has 1 aromatic heterocycles. The van der Waals surface area contributed by atoms with E-state index in [1.807, 2.05) is 64.1 Å². The van der Waals surface area contributed by atoms with E-state index in [1.54, 1.807) is 13.3 Å². The molecule has 1 aliphatic heterocycles. The number of aromatic nitrogens is 1. The molecule has 120 valence electrons. The SMILES string of the molecule is COc1ccc(-c2ccccn2)c(B2OC(C)(C)C(C)(C)O2)c1. The summed E-state index contributed by atoms with van der Waals surface area (Å²) in [6.45, 7) is 8.20. The Balaban J connectivity index is 2.08. The number of benzene rings is 1. The van der Waals surface area contributed by atoms with Crippen LogP contribution in [0.4, 0.5) is 0 Å². The molecule has 5 heteroatoms. The molecule has 3 rings (SSSR count). The zero-order chi connectivity index (χ0) is 16.7. The summed E-state index contributed by atoms with van der Waals surface area (Å²) in [5, 5.41) is 0. The molecule has 0 spiro atoms. The van der Waals surface area contributed by atoms with Crippen LogP contribution in [0.1, 0.15) is 27.7 Å². The molecule has 0 atom stereocenters. The van der Waals surface area contributed by atoms with Crippen molar-refractivity contribution in [2.45, 2.75) is 38.9 Å². The Morgan fingerprint density at radius 2 is 1.70 bits per heavy atom. The van der Waals surface area contributed by atoms with Crippen LogP contribution >= 0.6 is 0 Å². The molecule has 2 heterocycles. The van der Waals surface area contributed by atoms with E-state index in [4.69, 9.17) is 14.0 Å². The van der Waals surface area contributed by atoms with Crippen LogP contribution in [-0.4, -0.2) is 30.4 Å². The van der Waals surface area contributed by atoms with E-state index in [0.717, 1.165) is 22.5 Å². The number of pyridine rings is 1. The molecule has 23 heavy (non-hydrogen) atoms. The summed E-state index contributed by atoms with van der Waals surface area (Å²) in [7, 11) is 1.20. The minimum Gasteiger partial charge on any atom is -0.497 e. The molecule has 0 radical (unpaired) electrons. The Labute approximate surface area is 137 Å². The van der Waals surface area contributed by atoms with Gasteiger partial charge < -0.3 is 14.0 Å². The van der Waals surface area contributed by atoms with Crippen LogP contribution in [0.15, 0.2) is 42.6 Å². The largest absolute Gasteiger partial charge is 0.497 e. The Morgan fingerprint density at radius 1 is 1.00 bits per heavy atom. The lowest BCUT2D eigenvalue weighted by atomic mass is 9.75. The summed E-state index contributed by atoms with van der Waals surface area (Å²) < 4.78 is 17.8. The summed E-state index contributed by atoms with van der Waals surface area (Å²) in [6, 6.07) is 11.8. The molecule has 2 aromatic rings. The molecule has 0 bridgehead atoms. The fraction of sp³-hybridized carbons (Fsp3) is 0.389. The lowest BCUT2D eigenvalue weighted by Gasteiger charge is -2.32. The van der Waals surface area contributed by atoms with Crippen molar-refractivity contribution >= 4 is 12.6 Å². The first-order valence-electron chi connectivity index (χ1n) is 7.79. The summed E-state index contributed by atoms with van der Waals surface area (Å²) in [4.78, 5) is 4.46. The molecule has 1 aromatic carbocycles. The Bertz CT molecular complexity index is 685. The Morgan fingerprint density at radius 3 is 2.26 bits per heavy atom. The van der Waals surface area contributed by atoms with Crippen molar-refractivity contribution in [3.8, 4) is 17.0 Å². The summed E-state index contributed by atoms with van der Waals surface area (Å²) in [6.07, 6.45) is 1.79. The number of hydrogen-bond donors (Lipinski definition) is 0. The van der Waals surface area contributed by atoms with E-state index < -0.39 is 7.12 Å². The van der Waals surface area contributed by atoms with Crippen molar-refractivity contribution in [1.29, 1.82) is 0 Å². The average Bonchev–Trinajstić information content (AvgIpc) is 2.75. The van der Waals surface area contributed by atoms with Crippen molar-refractivity contribution in [2.75, 3.05) is 7.11 Å². The van der Waals surface area contributed by atoms with Crippen molar-refractivity contribution in [3.05, 3.63) is 42.6 Å². The minimum atomic E-state index is -0.452. The van der Waals surface area contributed by atoms with Gasteiger partial charge in [-0.25, -0.2) is 0 Å². The summed E-state index contributed by atoms with van der Waals surface area (Å²) >= 11 is 0. The van der Waals surface area contributed by atoms with Gasteiger partial charge in [-0.3, -0.25) is 4.98 Å². The second kappa shape index (κ2) is 5.66. The first-order valence-corrected chi connectivity index (χ1v) is 7.79. The second-order valence-corrected chi connectivity index (χ2v) is 6.76. The Kier molecular flexibility index (Phi) is 3.94. The van der Waals surface area contributed by atoms with Crippen LogP contribution in [0.2, 0.25) is 0 Å². The molecular formula is C18H22BNO3. The molecule has 0 aliphatic carbocycles. The highest BCUT2D eigenvalue weighted by atomic mass is 16.7. The Hall–Kier alpha value is -1.85. The van der Waals surface area contributed by atoms with Gasteiger partial charge in [0.2, 0.25) is 0 Å². The van der Waals surface area contributed by atoms with Crippen LogP contribution in [0.5, 0.6) is 5.75 Å². The van der Waals surface area contributed by atoms with Gasteiger partial charge in [-0.1, -0.05) is 6.07 Å². The second-order valence-electron chi connectivity index (χ2n) is 6.76. The van der Waals surface area contributed by atoms with E-state index in [9.17, 15) is 0 Å². The van der Waals surface area contributed by atoms with Crippen LogP contribution in [0.3, 0.4) is 0 Å². The number of ether oxygens (including phenoxy) is 1. The highest BCUT2D eigenvalue weighted by molar-refractivity contribution is 6.64. The molecule has 0 unspecified atom stereocenters. The molecule has 0 N–H and O–H groups in total. The monoisotopic (exact) mass is 311 g/mol. The first-order chi connectivity index (χ1) is 10.8. The minimum absolute atomic E-state index is 0.387. The zero-order valence-electron chi connectivity index (χ0n) is 14.3. The highest BCUT2D eigenvalue weighted by Gasteiger charge is 2.52. The predicted octanol–water partition coefficient (Wildman–Crippen LogP) is 3.06. The third-order valence-electron chi connectivity index (χ3n) is 4.71. The standard InChI is InChI=1S/C18H22BNO3/c1-17(2)18(3,4)23-19(22-17)15-12-13(21-5)9-10-14(15)16-8-6-7-11-20-16/h6-12H,1-5H3. The summed E-state index contributed by atoms with van der Waals surface area (Å²) in [5.41, 5.74) is 2.04. The molecule has 1 saturated heterocycles. The van der Waals surface area contributed by atoms with Crippen molar-refractivity contribution in [3.63, 3.8) is 0 Å².